The van der Waals surface area contributed by atoms with Gasteiger partial charge in [-0.25, -0.2) is 0 Å². The van der Waals surface area contributed by atoms with Crippen LogP contribution in [0.3, 0.4) is 0 Å². The summed E-state index contributed by atoms with van der Waals surface area (Å²) >= 11 is 1.55. The average molecular weight is 315 g/mol. The lowest BCUT2D eigenvalue weighted by Gasteiger charge is -2.15. The van der Waals surface area contributed by atoms with Crippen molar-refractivity contribution in [2.75, 3.05) is 29.6 Å². The fourth-order valence-electron chi connectivity index (χ4n) is 1.64. The number of rotatable bonds is 8. The molecule has 1 unspecified atom stereocenters. The van der Waals surface area contributed by atoms with Gasteiger partial charge in [-0.3, -0.25) is 14.2 Å². The number of anilines is 2. The van der Waals surface area contributed by atoms with Gasteiger partial charge in [0.2, 0.25) is 11.6 Å². The predicted octanol–water partition coefficient (Wildman–Crippen LogP) is 0.626. The van der Waals surface area contributed by atoms with Gasteiger partial charge in [0.1, 0.15) is 0 Å². The summed E-state index contributed by atoms with van der Waals surface area (Å²) in [6.07, 6.45) is 2.38. The van der Waals surface area contributed by atoms with Gasteiger partial charge in [-0.05, 0) is 23.6 Å². The summed E-state index contributed by atoms with van der Waals surface area (Å²) in [4.78, 5) is 37.3. The van der Waals surface area contributed by atoms with Crippen molar-refractivity contribution in [3.8, 4) is 0 Å². The van der Waals surface area contributed by atoms with Crippen molar-refractivity contribution in [2.45, 2.75) is 6.42 Å². The molecule has 9 nitrogen and oxygen atoms in total. The molecule has 0 spiro atoms. The van der Waals surface area contributed by atoms with Crippen LogP contribution in [0.15, 0.2) is 9.97 Å². The van der Waals surface area contributed by atoms with Crippen molar-refractivity contribution in [3.05, 3.63) is 15.3 Å². The van der Waals surface area contributed by atoms with Crippen LogP contribution in [0.2, 0.25) is 0 Å². The van der Waals surface area contributed by atoms with Crippen LogP contribution < -0.4 is 16.6 Å². The summed E-state index contributed by atoms with van der Waals surface area (Å²) in [5.74, 6) is -1.02. The molecule has 0 radical (unpaired) electrons. The van der Waals surface area contributed by atoms with Gasteiger partial charge in [0.25, 0.3) is 5.56 Å². The van der Waals surface area contributed by atoms with Crippen LogP contribution in [0.25, 0.3) is 0 Å². The van der Waals surface area contributed by atoms with E-state index in [-0.39, 0.29) is 18.3 Å². The normalized spacial score (nSPS) is 11.9. The Hall–Kier alpha value is -2.10. The number of carboxylic acid groups (broad SMARTS) is 1. The Bertz CT molecular complexity index is 589. The minimum Gasteiger partial charge on any atom is -0.481 e. The summed E-state index contributed by atoms with van der Waals surface area (Å²) in [6, 6.07) is 0. The van der Waals surface area contributed by atoms with E-state index < -0.39 is 23.1 Å². The molecular formula is C11H17N5O4S. The van der Waals surface area contributed by atoms with E-state index in [2.05, 4.69) is 15.5 Å². The maximum Gasteiger partial charge on any atom is 0.308 e. The number of nitrogen functional groups attached to an aromatic ring is 1. The number of carbonyl (C=O) groups is 1. The zero-order valence-electron chi connectivity index (χ0n) is 11.7. The second-order valence-electron chi connectivity index (χ2n) is 4.32. The smallest absolute Gasteiger partial charge is 0.308 e. The maximum atomic E-state index is 11.8. The molecule has 0 saturated carbocycles. The number of aliphatic carboxylic acids is 1. The first kappa shape index (κ1) is 17.0. The molecule has 0 amide bonds. The molecule has 10 heteroatoms. The Morgan fingerprint density at radius 3 is 2.81 bits per heavy atom. The minimum atomic E-state index is -0.930. The van der Waals surface area contributed by atoms with Crippen molar-refractivity contribution in [3.63, 3.8) is 0 Å². The molecule has 4 N–H and O–H groups in total. The van der Waals surface area contributed by atoms with Crippen LogP contribution in [0.5, 0.6) is 0 Å². The molecule has 0 fully saturated rings. The standard InChI is InChI=1S/C11H17N5O4S/c1-16-9(17)7(15-20)8(12)14-11(16)13-5-6(10(18)19)3-4-21-2/h6H,3-5,12H2,1-2H3,(H,13,14)(H,18,19). The van der Waals surface area contributed by atoms with Gasteiger partial charge < -0.3 is 16.2 Å². The molecular weight excluding hydrogens is 298 g/mol. The third-order valence-corrected chi connectivity index (χ3v) is 3.56. The average Bonchev–Trinajstić information content (AvgIpc) is 2.44. The van der Waals surface area contributed by atoms with Crippen molar-refractivity contribution in [2.24, 2.45) is 18.1 Å². The zero-order chi connectivity index (χ0) is 16.0. The van der Waals surface area contributed by atoms with E-state index in [1.807, 2.05) is 6.26 Å². The van der Waals surface area contributed by atoms with E-state index in [0.717, 1.165) is 4.57 Å². The lowest BCUT2D eigenvalue weighted by molar-refractivity contribution is -0.141. The number of carboxylic acids is 1. The zero-order valence-corrected chi connectivity index (χ0v) is 12.5. The van der Waals surface area contributed by atoms with Crippen LogP contribution in [0, 0.1) is 10.8 Å². The van der Waals surface area contributed by atoms with Crippen molar-refractivity contribution in [1.29, 1.82) is 0 Å². The van der Waals surface area contributed by atoms with Gasteiger partial charge in [0.15, 0.2) is 5.82 Å². The largest absolute Gasteiger partial charge is 0.481 e. The molecule has 0 saturated heterocycles. The van der Waals surface area contributed by atoms with Gasteiger partial charge in [-0.15, -0.1) is 4.91 Å². The molecule has 1 aromatic rings. The van der Waals surface area contributed by atoms with Gasteiger partial charge in [0.05, 0.1) is 5.92 Å². The Labute approximate surface area is 124 Å². The van der Waals surface area contributed by atoms with Crippen molar-refractivity contribution < 1.29 is 9.90 Å². The second-order valence-corrected chi connectivity index (χ2v) is 5.31. The third-order valence-electron chi connectivity index (χ3n) is 2.91. The molecule has 1 heterocycles. The summed E-state index contributed by atoms with van der Waals surface area (Å²) in [5, 5.41) is 14.4. The molecule has 116 valence electrons. The summed E-state index contributed by atoms with van der Waals surface area (Å²) in [7, 11) is 1.39. The predicted molar refractivity (Wildman–Crippen MR) is 82.0 cm³/mol. The summed E-state index contributed by atoms with van der Waals surface area (Å²) < 4.78 is 1.07. The van der Waals surface area contributed by atoms with E-state index >= 15 is 0 Å². The highest BCUT2D eigenvalue weighted by atomic mass is 32.2. The van der Waals surface area contributed by atoms with Crippen molar-refractivity contribution in [1.82, 2.24) is 9.55 Å². The van der Waals surface area contributed by atoms with Crippen molar-refractivity contribution >= 4 is 35.2 Å². The topological polar surface area (TPSA) is 140 Å². The number of hydrogen-bond acceptors (Lipinski definition) is 8. The molecule has 21 heavy (non-hydrogen) atoms. The molecule has 0 aromatic carbocycles. The number of nitrogens with one attached hydrogen (secondary N) is 1. The molecule has 1 aromatic heterocycles. The number of aromatic nitrogens is 2. The van der Waals surface area contributed by atoms with Crippen LogP contribution in [-0.4, -0.2) is 39.2 Å². The van der Waals surface area contributed by atoms with Gasteiger partial charge in [-0.1, -0.05) is 0 Å². The van der Waals surface area contributed by atoms with E-state index in [9.17, 15) is 14.5 Å². The Morgan fingerprint density at radius 1 is 1.62 bits per heavy atom. The van der Waals surface area contributed by atoms with Gasteiger partial charge in [-0.2, -0.15) is 16.7 Å². The first-order chi connectivity index (χ1) is 9.92. The fraction of sp³-hybridized carbons (Fsp3) is 0.545. The summed E-state index contributed by atoms with van der Waals surface area (Å²) in [6.45, 7) is 0.101. The number of nitrogens with zero attached hydrogens (tertiary/aromatic N) is 3. The molecule has 0 aliphatic carbocycles. The highest BCUT2D eigenvalue weighted by Gasteiger charge is 2.19. The second kappa shape index (κ2) is 7.62. The molecule has 0 bridgehead atoms. The third kappa shape index (κ3) is 4.18. The molecule has 0 aliphatic heterocycles. The van der Waals surface area contributed by atoms with Crippen LogP contribution in [-0.2, 0) is 11.8 Å². The van der Waals surface area contributed by atoms with E-state index in [1.54, 1.807) is 11.8 Å². The van der Waals surface area contributed by atoms with Gasteiger partial charge >= 0.3 is 5.97 Å². The maximum absolute atomic E-state index is 11.8. The molecule has 1 rings (SSSR count). The molecule has 0 aliphatic rings. The first-order valence-electron chi connectivity index (χ1n) is 6.07. The highest BCUT2D eigenvalue weighted by Crippen LogP contribution is 2.16. The van der Waals surface area contributed by atoms with Crippen LogP contribution in [0.1, 0.15) is 6.42 Å². The highest BCUT2D eigenvalue weighted by molar-refractivity contribution is 7.98. The quantitative estimate of drug-likeness (QED) is 0.593. The summed E-state index contributed by atoms with van der Waals surface area (Å²) in [5.41, 5.74) is 4.33. The number of thioether (sulfide) groups is 1. The van der Waals surface area contributed by atoms with E-state index in [0.29, 0.717) is 12.2 Å². The molecule has 1 atom stereocenters. The van der Waals surface area contributed by atoms with Crippen LogP contribution in [0.4, 0.5) is 17.5 Å². The Morgan fingerprint density at radius 2 is 2.29 bits per heavy atom. The monoisotopic (exact) mass is 315 g/mol. The number of nitrogens with two attached hydrogens (primary N) is 1. The lowest BCUT2D eigenvalue weighted by Crippen LogP contribution is -2.28. The van der Waals surface area contributed by atoms with E-state index in [1.165, 1.54) is 7.05 Å². The number of nitroso groups, excluding NO2 is 1. The Kier molecular flexibility index (Phi) is 6.15. The van der Waals surface area contributed by atoms with Crippen LogP contribution >= 0.6 is 11.8 Å². The first-order valence-corrected chi connectivity index (χ1v) is 7.47. The fourth-order valence-corrected chi connectivity index (χ4v) is 2.16. The SMILES string of the molecule is CSCCC(CNc1nc(N)c(N=O)c(=O)n1C)C(=O)O. The number of hydrogen-bond donors (Lipinski definition) is 3. The van der Waals surface area contributed by atoms with Gasteiger partial charge in [0, 0.05) is 13.6 Å². The van der Waals surface area contributed by atoms with E-state index in [4.69, 9.17) is 10.8 Å². The minimum absolute atomic E-state index is 0.0975. The Balaban J connectivity index is 2.90. The lowest BCUT2D eigenvalue weighted by atomic mass is 10.1.